The Balaban J connectivity index is 1.74. The monoisotopic (exact) mass is 408 g/mol. The molecule has 0 fully saturated rings. The molecule has 9 heteroatoms. The molecule has 29 heavy (non-hydrogen) atoms. The second-order valence-corrected chi connectivity index (χ2v) is 6.13. The molecule has 0 saturated carbocycles. The number of carbonyl (C=O) groups is 1. The van der Waals surface area contributed by atoms with Gasteiger partial charge in [0.2, 0.25) is 0 Å². The van der Waals surface area contributed by atoms with Crippen LogP contribution in [0.5, 0.6) is 11.5 Å². The molecule has 0 radical (unpaired) electrons. The lowest BCUT2D eigenvalue weighted by Crippen LogP contribution is -2.41. The van der Waals surface area contributed by atoms with E-state index in [1.807, 2.05) is 6.07 Å². The maximum Gasteiger partial charge on any atom is 0.416 e. The van der Waals surface area contributed by atoms with E-state index in [0.29, 0.717) is 11.3 Å². The average Bonchev–Trinajstić information content (AvgIpc) is 2.70. The van der Waals surface area contributed by atoms with Gasteiger partial charge < -0.3 is 19.9 Å². The van der Waals surface area contributed by atoms with Gasteiger partial charge in [0, 0.05) is 6.54 Å². The number of nitriles is 1. The summed E-state index contributed by atoms with van der Waals surface area (Å²) in [6.07, 6.45) is -6.34. The molecule has 2 rings (SSSR count). The minimum atomic E-state index is -4.43. The van der Waals surface area contributed by atoms with Crippen molar-refractivity contribution in [3.63, 3.8) is 0 Å². The summed E-state index contributed by atoms with van der Waals surface area (Å²) >= 11 is 0. The van der Waals surface area contributed by atoms with E-state index in [1.54, 1.807) is 24.3 Å². The summed E-state index contributed by atoms with van der Waals surface area (Å²) in [4.78, 5) is 12.0. The average molecular weight is 408 g/mol. The molecule has 2 N–H and O–H groups in total. The minimum Gasteiger partial charge on any atom is -0.491 e. The van der Waals surface area contributed by atoms with Crippen molar-refractivity contribution >= 4 is 5.91 Å². The van der Waals surface area contributed by atoms with Gasteiger partial charge in [-0.1, -0.05) is 0 Å². The molecular formula is C20H19F3N2O4. The highest BCUT2D eigenvalue weighted by Crippen LogP contribution is 2.30. The Morgan fingerprint density at radius 3 is 2.28 bits per heavy atom. The molecule has 0 bridgehead atoms. The third-order valence-corrected chi connectivity index (χ3v) is 3.80. The number of alkyl halides is 3. The van der Waals surface area contributed by atoms with Gasteiger partial charge in [-0.05, 0) is 55.5 Å². The minimum absolute atomic E-state index is 0.124. The number of hydrogen-bond donors (Lipinski definition) is 2. The Labute approximate surface area is 165 Å². The fourth-order valence-electron chi connectivity index (χ4n) is 2.22. The second-order valence-electron chi connectivity index (χ2n) is 6.13. The smallest absolute Gasteiger partial charge is 0.416 e. The predicted octanol–water partition coefficient (Wildman–Crippen LogP) is 2.90. The number of nitrogens with one attached hydrogen (secondary N) is 1. The number of rotatable bonds is 8. The summed E-state index contributed by atoms with van der Waals surface area (Å²) in [5.41, 5.74) is -0.334. The Kier molecular flexibility index (Phi) is 7.45. The van der Waals surface area contributed by atoms with Gasteiger partial charge in [0.05, 0.1) is 17.2 Å². The summed E-state index contributed by atoms with van der Waals surface area (Å²) in [6, 6.07) is 12.3. The number of aliphatic hydroxyl groups excluding tert-OH is 1. The molecule has 154 valence electrons. The number of carbonyl (C=O) groups excluding carboxylic acids is 1. The van der Waals surface area contributed by atoms with Crippen LogP contribution in [0.25, 0.3) is 0 Å². The molecule has 2 atom stereocenters. The van der Waals surface area contributed by atoms with Crippen LogP contribution in [0.4, 0.5) is 13.2 Å². The van der Waals surface area contributed by atoms with Crippen molar-refractivity contribution in [3.8, 4) is 17.6 Å². The number of hydrogen-bond acceptors (Lipinski definition) is 5. The molecule has 6 nitrogen and oxygen atoms in total. The van der Waals surface area contributed by atoms with Crippen molar-refractivity contribution in [1.29, 1.82) is 5.26 Å². The summed E-state index contributed by atoms with van der Waals surface area (Å²) in [5.74, 6) is 0.113. The Hall–Kier alpha value is -3.25. The molecule has 1 amide bonds. The maximum absolute atomic E-state index is 12.5. The standard InChI is InChI=1S/C20H19F3N2O4/c1-13(29-18-6-2-14(10-24)3-7-18)19(27)25-11-16(26)12-28-17-8-4-15(5-9-17)20(21,22)23/h2-9,13,16,26H,11-12H2,1H3,(H,25,27). The first-order valence-electron chi connectivity index (χ1n) is 8.61. The van der Waals surface area contributed by atoms with Crippen LogP contribution in [0.1, 0.15) is 18.1 Å². The highest BCUT2D eigenvalue weighted by atomic mass is 19.4. The third kappa shape index (κ3) is 7.01. The number of nitrogens with zero attached hydrogens (tertiary/aromatic N) is 1. The van der Waals surface area contributed by atoms with Gasteiger partial charge in [-0.2, -0.15) is 18.4 Å². The van der Waals surface area contributed by atoms with E-state index in [4.69, 9.17) is 14.7 Å². The van der Waals surface area contributed by atoms with E-state index >= 15 is 0 Å². The van der Waals surface area contributed by atoms with E-state index in [1.165, 1.54) is 6.92 Å². The van der Waals surface area contributed by atoms with Gasteiger partial charge in [0.15, 0.2) is 6.10 Å². The van der Waals surface area contributed by atoms with Crippen molar-refractivity contribution in [2.24, 2.45) is 0 Å². The first-order chi connectivity index (χ1) is 13.7. The molecule has 0 aromatic heterocycles. The van der Waals surface area contributed by atoms with E-state index in [0.717, 1.165) is 24.3 Å². The topological polar surface area (TPSA) is 91.6 Å². The first kappa shape index (κ1) is 22.0. The second kappa shape index (κ2) is 9.80. The van der Waals surface area contributed by atoms with Crippen molar-refractivity contribution in [2.75, 3.05) is 13.2 Å². The summed E-state index contributed by atoms with van der Waals surface area (Å²) in [5, 5.41) is 21.1. The van der Waals surface area contributed by atoms with Crippen LogP contribution in [0, 0.1) is 11.3 Å². The van der Waals surface area contributed by atoms with Gasteiger partial charge in [-0.25, -0.2) is 0 Å². The fraction of sp³-hybridized carbons (Fsp3) is 0.300. The molecule has 0 heterocycles. The van der Waals surface area contributed by atoms with E-state index in [9.17, 15) is 23.1 Å². The SMILES string of the molecule is CC(Oc1ccc(C#N)cc1)C(=O)NCC(O)COc1ccc(C(F)(F)F)cc1. The fourth-order valence-corrected chi connectivity index (χ4v) is 2.22. The first-order valence-corrected chi connectivity index (χ1v) is 8.61. The molecule has 0 saturated heterocycles. The van der Waals surface area contributed by atoms with Crippen LogP contribution in [-0.4, -0.2) is 36.4 Å². The molecule has 2 aromatic carbocycles. The molecular weight excluding hydrogens is 389 g/mol. The van der Waals surface area contributed by atoms with Crippen LogP contribution < -0.4 is 14.8 Å². The molecule has 0 aliphatic heterocycles. The van der Waals surface area contributed by atoms with Crippen LogP contribution in [-0.2, 0) is 11.0 Å². The molecule has 0 aliphatic carbocycles. The van der Waals surface area contributed by atoms with E-state index in [-0.39, 0.29) is 18.9 Å². The summed E-state index contributed by atoms with van der Waals surface area (Å²) in [6.45, 7) is 1.19. The Morgan fingerprint density at radius 2 is 1.72 bits per heavy atom. The number of benzene rings is 2. The van der Waals surface area contributed by atoms with Gasteiger partial charge in [0.1, 0.15) is 24.2 Å². The zero-order valence-corrected chi connectivity index (χ0v) is 15.4. The van der Waals surface area contributed by atoms with Crippen molar-refractivity contribution in [2.45, 2.75) is 25.3 Å². The predicted molar refractivity (Wildman–Crippen MR) is 97.2 cm³/mol. The van der Waals surface area contributed by atoms with E-state index in [2.05, 4.69) is 5.32 Å². The lowest BCUT2D eigenvalue weighted by Gasteiger charge is -2.17. The summed E-state index contributed by atoms with van der Waals surface area (Å²) < 4.78 is 48.2. The van der Waals surface area contributed by atoms with Gasteiger partial charge >= 0.3 is 6.18 Å². The molecule has 0 aliphatic rings. The van der Waals surface area contributed by atoms with Crippen LogP contribution in [0.15, 0.2) is 48.5 Å². The Bertz CT molecular complexity index is 846. The molecule has 0 spiro atoms. The van der Waals surface area contributed by atoms with Gasteiger partial charge in [-0.3, -0.25) is 4.79 Å². The van der Waals surface area contributed by atoms with Crippen molar-refractivity contribution in [3.05, 3.63) is 59.7 Å². The lowest BCUT2D eigenvalue weighted by molar-refractivity contribution is -0.137. The largest absolute Gasteiger partial charge is 0.491 e. The maximum atomic E-state index is 12.5. The normalized spacial score (nSPS) is 13.1. The molecule has 2 unspecified atom stereocenters. The number of amides is 1. The number of halogens is 3. The number of ether oxygens (including phenoxy) is 2. The molecule has 2 aromatic rings. The van der Waals surface area contributed by atoms with Crippen molar-refractivity contribution in [1.82, 2.24) is 5.32 Å². The van der Waals surface area contributed by atoms with Crippen LogP contribution in [0.3, 0.4) is 0 Å². The third-order valence-electron chi connectivity index (χ3n) is 3.80. The quantitative estimate of drug-likeness (QED) is 0.701. The van der Waals surface area contributed by atoms with Gasteiger partial charge in [-0.15, -0.1) is 0 Å². The Morgan fingerprint density at radius 1 is 1.14 bits per heavy atom. The van der Waals surface area contributed by atoms with Gasteiger partial charge in [0.25, 0.3) is 5.91 Å². The van der Waals surface area contributed by atoms with Crippen LogP contribution in [0.2, 0.25) is 0 Å². The highest BCUT2D eigenvalue weighted by molar-refractivity contribution is 5.80. The summed E-state index contributed by atoms with van der Waals surface area (Å²) in [7, 11) is 0. The van der Waals surface area contributed by atoms with E-state index < -0.39 is 29.9 Å². The zero-order valence-electron chi connectivity index (χ0n) is 15.4. The lowest BCUT2D eigenvalue weighted by atomic mass is 10.2. The van der Waals surface area contributed by atoms with Crippen LogP contribution >= 0.6 is 0 Å². The zero-order chi connectivity index (χ0) is 21.4. The van der Waals surface area contributed by atoms with Crippen molar-refractivity contribution < 1.29 is 32.5 Å². The highest BCUT2D eigenvalue weighted by Gasteiger charge is 2.30. The number of aliphatic hydroxyl groups is 1.